The number of hydrogen-bond donors (Lipinski definition) is 1. The first-order valence-electron chi connectivity index (χ1n) is 11.7. The van der Waals surface area contributed by atoms with Gasteiger partial charge in [0.25, 0.3) is 5.91 Å². The van der Waals surface area contributed by atoms with Crippen molar-refractivity contribution in [1.82, 2.24) is 4.31 Å². The summed E-state index contributed by atoms with van der Waals surface area (Å²) < 4.78 is 32.5. The minimum absolute atomic E-state index is 0.132. The lowest BCUT2D eigenvalue weighted by Gasteiger charge is -2.55. The first-order valence-corrected chi connectivity index (χ1v) is 13.2. The lowest BCUT2D eigenvalue weighted by Crippen LogP contribution is -2.50. The molecule has 0 saturated heterocycles. The van der Waals surface area contributed by atoms with Gasteiger partial charge in [0.15, 0.2) is 6.61 Å². The van der Waals surface area contributed by atoms with Crippen LogP contribution < -0.4 is 5.32 Å². The van der Waals surface area contributed by atoms with Gasteiger partial charge in [-0.15, -0.1) is 0 Å². The molecule has 8 heteroatoms. The van der Waals surface area contributed by atoms with Crippen molar-refractivity contribution in [2.24, 2.45) is 23.2 Å². The number of hydrogen-bond acceptors (Lipinski definition) is 5. The van der Waals surface area contributed by atoms with Gasteiger partial charge in [0.05, 0.1) is 10.3 Å². The van der Waals surface area contributed by atoms with Crippen LogP contribution in [0, 0.1) is 30.1 Å². The smallest absolute Gasteiger partial charge is 0.312 e. The number of nitrogens with zero attached hydrogens (tertiary/aromatic N) is 1. The number of nitrogens with one attached hydrogen (secondary N) is 1. The van der Waals surface area contributed by atoms with Crippen molar-refractivity contribution >= 4 is 27.6 Å². The molecule has 4 bridgehead atoms. The Kier molecular flexibility index (Phi) is 6.38. The van der Waals surface area contributed by atoms with Crippen LogP contribution in [-0.2, 0) is 24.3 Å². The Bertz CT molecular complexity index is 964. The van der Waals surface area contributed by atoms with Crippen molar-refractivity contribution in [1.29, 1.82) is 0 Å². The molecule has 4 aliphatic rings. The molecule has 0 atom stereocenters. The zero-order valence-corrected chi connectivity index (χ0v) is 20.0. The maximum atomic E-state index is 13.0. The van der Waals surface area contributed by atoms with Gasteiger partial charge in [-0.25, -0.2) is 8.42 Å². The molecule has 4 fully saturated rings. The van der Waals surface area contributed by atoms with E-state index >= 15 is 0 Å². The molecular weight excluding hydrogens is 428 g/mol. The first-order chi connectivity index (χ1) is 15.2. The number of anilines is 1. The summed E-state index contributed by atoms with van der Waals surface area (Å²) in [5, 5.41) is 2.73. The number of aryl methyl sites for hydroxylation is 1. The second kappa shape index (κ2) is 8.78. The Balaban J connectivity index is 1.40. The van der Waals surface area contributed by atoms with Crippen LogP contribution in [0.25, 0.3) is 0 Å². The molecule has 0 heterocycles. The number of esters is 1. The van der Waals surface area contributed by atoms with Gasteiger partial charge in [-0.1, -0.05) is 19.9 Å². The predicted octanol–water partition coefficient (Wildman–Crippen LogP) is 3.72. The van der Waals surface area contributed by atoms with E-state index in [2.05, 4.69) is 5.32 Å². The van der Waals surface area contributed by atoms with Crippen LogP contribution in [0.3, 0.4) is 0 Å². The highest BCUT2D eigenvalue weighted by molar-refractivity contribution is 7.89. The van der Waals surface area contributed by atoms with E-state index in [0.717, 1.165) is 24.8 Å². The largest absolute Gasteiger partial charge is 0.455 e. The van der Waals surface area contributed by atoms with Crippen LogP contribution in [0.5, 0.6) is 0 Å². The maximum absolute atomic E-state index is 13.0. The van der Waals surface area contributed by atoms with Crippen molar-refractivity contribution in [2.45, 2.75) is 64.2 Å². The Morgan fingerprint density at radius 1 is 1.06 bits per heavy atom. The third-order valence-electron chi connectivity index (χ3n) is 7.63. The number of ether oxygens (including phenoxy) is 1. The van der Waals surface area contributed by atoms with E-state index in [0.29, 0.717) is 36.5 Å². The average Bonchev–Trinajstić information content (AvgIpc) is 2.73. The molecule has 176 valence electrons. The van der Waals surface area contributed by atoms with E-state index in [1.54, 1.807) is 32.9 Å². The van der Waals surface area contributed by atoms with Crippen molar-refractivity contribution in [3.63, 3.8) is 0 Å². The van der Waals surface area contributed by atoms with Gasteiger partial charge < -0.3 is 10.1 Å². The molecule has 0 radical (unpaired) electrons. The highest BCUT2D eigenvalue weighted by Gasteiger charge is 2.55. The van der Waals surface area contributed by atoms with Crippen LogP contribution in [0.2, 0.25) is 0 Å². The van der Waals surface area contributed by atoms with Crippen molar-refractivity contribution in [2.75, 3.05) is 25.0 Å². The lowest BCUT2D eigenvalue weighted by molar-refractivity contribution is -0.172. The molecular formula is C24H34N2O5S. The molecule has 0 aromatic heterocycles. The molecule has 1 aromatic rings. The maximum Gasteiger partial charge on any atom is 0.312 e. The van der Waals surface area contributed by atoms with E-state index in [1.165, 1.54) is 29.6 Å². The van der Waals surface area contributed by atoms with E-state index in [-0.39, 0.29) is 17.5 Å². The highest BCUT2D eigenvalue weighted by atomic mass is 32.2. The summed E-state index contributed by atoms with van der Waals surface area (Å²) in [7, 11) is -3.63. The number of benzene rings is 1. The van der Waals surface area contributed by atoms with Crippen LogP contribution >= 0.6 is 0 Å². The highest BCUT2D eigenvalue weighted by Crippen LogP contribution is 2.60. The van der Waals surface area contributed by atoms with Crippen LogP contribution in [0.1, 0.15) is 57.9 Å². The predicted molar refractivity (Wildman–Crippen MR) is 121 cm³/mol. The van der Waals surface area contributed by atoms with Gasteiger partial charge in [-0.2, -0.15) is 4.31 Å². The van der Waals surface area contributed by atoms with Gasteiger partial charge in [0.2, 0.25) is 10.0 Å². The summed E-state index contributed by atoms with van der Waals surface area (Å²) in [6, 6.07) is 4.70. The second-order valence-corrected chi connectivity index (χ2v) is 11.8. The monoisotopic (exact) mass is 462 g/mol. The fourth-order valence-corrected chi connectivity index (χ4v) is 7.92. The molecule has 1 aromatic carbocycles. The van der Waals surface area contributed by atoms with Gasteiger partial charge in [-0.3, -0.25) is 9.59 Å². The quantitative estimate of drug-likeness (QED) is 0.595. The van der Waals surface area contributed by atoms with Gasteiger partial charge in [0.1, 0.15) is 0 Å². The summed E-state index contributed by atoms with van der Waals surface area (Å²) in [6.45, 7) is 5.76. The van der Waals surface area contributed by atoms with E-state index in [1.807, 2.05) is 0 Å². The summed E-state index contributed by atoms with van der Waals surface area (Å²) in [5.41, 5.74) is 0.751. The van der Waals surface area contributed by atoms with Crippen molar-refractivity contribution < 1.29 is 22.7 Å². The van der Waals surface area contributed by atoms with Gasteiger partial charge >= 0.3 is 5.97 Å². The van der Waals surface area contributed by atoms with Crippen LogP contribution in [0.4, 0.5) is 5.69 Å². The second-order valence-electron chi connectivity index (χ2n) is 9.89. The topological polar surface area (TPSA) is 92.8 Å². The molecule has 32 heavy (non-hydrogen) atoms. The Morgan fingerprint density at radius 3 is 2.16 bits per heavy atom. The molecule has 0 spiro atoms. The van der Waals surface area contributed by atoms with Crippen molar-refractivity contribution in [3.8, 4) is 0 Å². The van der Waals surface area contributed by atoms with Crippen molar-refractivity contribution in [3.05, 3.63) is 23.8 Å². The third-order valence-corrected chi connectivity index (χ3v) is 9.68. The number of carbonyl (C=O) groups is 2. The number of sulfonamides is 1. The summed E-state index contributed by atoms with van der Waals surface area (Å²) in [5.74, 6) is 1.19. The molecule has 1 N–H and O–H groups in total. The molecule has 5 rings (SSSR count). The Morgan fingerprint density at radius 2 is 1.62 bits per heavy atom. The SMILES string of the molecule is CCN(CC)S(=O)(=O)c1ccc(C)c(NC(=O)COC(=O)C23CC4CC(CC(C4)C2)C3)c1. The zero-order valence-electron chi connectivity index (χ0n) is 19.2. The average molecular weight is 463 g/mol. The number of carbonyl (C=O) groups excluding carboxylic acids is 2. The summed E-state index contributed by atoms with van der Waals surface area (Å²) in [6.07, 6.45) is 6.38. The number of amides is 1. The minimum Gasteiger partial charge on any atom is -0.455 e. The van der Waals surface area contributed by atoms with E-state index < -0.39 is 21.3 Å². The van der Waals surface area contributed by atoms with E-state index in [9.17, 15) is 18.0 Å². The standard InChI is InChI=1S/C24H34N2O5S/c1-4-26(5-2)32(29,30)20-7-6-16(3)21(11-20)25-22(27)15-31-23(28)24-12-17-8-18(13-24)10-19(9-17)14-24/h6-7,11,17-19H,4-5,8-10,12-15H2,1-3H3,(H,25,27). The van der Waals surface area contributed by atoms with Crippen LogP contribution in [0.15, 0.2) is 23.1 Å². The minimum atomic E-state index is -3.63. The lowest BCUT2D eigenvalue weighted by atomic mass is 9.49. The molecule has 0 unspecified atom stereocenters. The van der Waals surface area contributed by atoms with Gasteiger partial charge in [-0.05, 0) is 80.9 Å². The Labute approximate surface area is 190 Å². The zero-order chi connectivity index (χ0) is 23.1. The van der Waals surface area contributed by atoms with Crippen LogP contribution in [-0.4, -0.2) is 44.3 Å². The fraction of sp³-hybridized carbons (Fsp3) is 0.667. The van der Waals surface area contributed by atoms with E-state index in [4.69, 9.17) is 4.74 Å². The molecule has 7 nitrogen and oxygen atoms in total. The normalized spacial score (nSPS) is 28.7. The number of rotatable bonds is 8. The molecule has 0 aliphatic heterocycles. The van der Waals surface area contributed by atoms with Gasteiger partial charge in [0, 0.05) is 18.8 Å². The first kappa shape index (κ1) is 23.2. The molecule has 4 saturated carbocycles. The molecule has 1 amide bonds. The summed E-state index contributed by atoms with van der Waals surface area (Å²) in [4.78, 5) is 25.6. The fourth-order valence-electron chi connectivity index (χ4n) is 6.44. The molecule has 4 aliphatic carbocycles. The Hall–Kier alpha value is -1.93. The third kappa shape index (κ3) is 4.31. The summed E-state index contributed by atoms with van der Waals surface area (Å²) >= 11 is 0.